The normalized spacial score (nSPS) is 13.0. The third-order valence-electron chi connectivity index (χ3n) is 1.74. The number of methoxy groups -OCH3 is 1. The van der Waals surface area contributed by atoms with Crippen LogP contribution in [0.3, 0.4) is 0 Å². The summed E-state index contributed by atoms with van der Waals surface area (Å²) in [5.41, 5.74) is 0. The smallest absolute Gasteiger partial charge is 0.305 e. The molecule has 13 heavy (non-hydrogen) atoms. The zero-order chi connectivity index (χ0) is 10.3. The number of carbonyl (C=O) groups is 1. The van der Waals surface area contributed by atoms with Gasteiger partial charge in [0.15, 0.2) is 0 Å². The summed E-state index contributed by atoms with van der Waals surface area (Å²) in [6.07, 6.45) is 1.31. The average Bonchev–Trinajstić information content (AvgIpc) is 2.10. The lowest BCUT2D eigenvalue weighted by molar-refractivity contribution is -0.145. The van der Waals surface area contributed by atoms with E-state index in [1.807, 2.05) is 20.8 Å². The van der Waals surface area contributed by atoms with Crippen molar-refractivity contribution < 1.29 is 14.3 Å². The van der Waals surface area contributed by atoms with Gasteiger partial charge in [-0.05, 0) is 19.3 Å². The van der Waals surface area contributed by atoms with Gasteiger partial charge >= 0.3 is 5.97 Å². The SMILES string of the molecule is COC(C)CCC(=O)OCC(C)C. The van der Waals surface area contributed by atoms with Crippen LogP contribution in [0, 0.1) is 5.92 Å². The summed E-state index contributed by atoms with van der Waals surface area (Å²) >= 11 is 0. The van der Waals surface area contributed by atoms with Crippen molar-refractivity contribution in [2.75, 3.05) is 13.7 Å². The lowest BCUT2D eigenvalue weighted by Gasteiger charge is -2.09. The second kappa shape index (κ2) is 6.89. The highest BCUT2D eigenvalue weighted by Crippen LogP contribution is 2.02. The van der Waals surface area contributed by atoms with Crippen LogP contribution >= 0.6 is 0 Å². The van der Waals surface area contributed by atoms with Crippen LogP contribution in [0.4, 0.5) is 0 Å². The van der Waals surface area contributed by atoms with E-state index in [0.717, 1.165) is 6.42 Å². The Balaban J connectivity index is 3.40. The average molecular weight is 188 g/mol. The molecule has 0 aliphatic rings. The summed E-state index contributed by atoms with van der Waals surface area (Å²) in [4.78, 5) is 11.1. The number of rotatable bonds is 6. The summed E-state index contributed by atoms with van der Waals surface area (Å²) in [5.74, 6) is 0.279. The molecule has 0 aromatic rings. The summed E-state index contributed by atoms with van der Waals surface area (Å²) in [6.45, 7) is 6.49. The highest BCUT2D eigenvalue weighted by Gasteiger charge is 2.07. The maximum absolute atomic E-state index is 11.1. The van der Waals surface area contributed by atoms with E-state index in [9.17, 15) is 4.79 Å². The van der Waals surface area contributed by atoms with E-state index in [-0.39, 0.29) is 12.1 Å². The summed E-state index contributed by atoms with van der Waals surface area (Å²) < 4.78 is 10.0. The maximum Gasteiger partial charge on any atom is 0.305 e. The predicted octanol–water partition coefficient (Wildman–Crippen LogP) is 2.00. The Bertz CT molecular complexity index is 143. The van der Waals surface area contributed by atoms with Gasteiger partial charge in [0.05, 0.1) is 12.7 Å². The third-order valence-corrected chi connectivity index (χ3v) is 1.74. The fourth-order valence-electron chi connectivity index (χ4n) is 0.771. The van der Waals surface area contributed by atoms with Gasteiger partial charge < -0.3 is 9.47 Å². The lowest BCUT2D eigenvalue weighted by Crippen LogP contribution is -2.13. The highest BCUT2D eigenvalue weighted by atomic mass is 16.5. The van der Waals surface area contributed by atoms with Crippen molar-refractivity contribution in [3.63, 3.8) is 0 Å². The Kier molecular flexibility index (Phi) is 6.59. The van der Waals surface area contributed by atoms with E-state index in [1.54, 1.807) is 7.11 Å². The Morgan fingerprint density at radius 3 is 2.38 bits per heavy atom. The molecule has 0 spiro atoms. The summed E-state index contributed by atoms with van der Waals surface area (Å²) in [6, 6.07) is 0. The minimum Gasteiger partial charge on any atom is -0.465 e. The van der Waals surface area contributed by atoms with Crippen LogP contribution in [0.5, 0.6) is 0 Å². The Morgan fingerprint density at radius 1 is 1.31 bits per heavy atom. The first-order valence-electron chi connectivity index (χ1n) is 4.74. The molecule has 1 unspecified atom stereocenters. The van der Waals surface area contributed by atoms with E-state index < -0.39 is 0 Å². The fourth-order valence-corrected chi connectivity index (χ4v) is 0.771. The molecule has 0 aliphatic heterocycles. The molecule has 0 N–H and O–H groups in total. The lowest BCUT2D eigenvalue weighted by atomic mass is 10.2. The molecule has 0 amide bonds. The second-order valence-corrected chi connectivity index (χ2v) is 3.66. The molecule has 78 valence electrons. The quantitative estimate of drug-likeness (QED) is 0.598. The molecule has 0 fully saturated rings. The Hall–Kier alpha value is -0.570. The first kappa shape index (κ1) is 12.4. The molecule has 0 rings (SSSR count). The van der Waals surface area contributed by atoms with Crippen molar-refractivity contribution in [3.8, 4) is 0 Å². The second-order valence-electron chi connectivity index (χ2n) is 3.66. The fraction of sp³-hybridized carbons (Fsp3) is 0.900. The van der Waals surface area contributed by atoms with Crippen LogP contribution in [0.15, 0.2) is 0 Å². The molecule has 0 radical (unpaired) electrons. The molecule has 0 aromatic heterocycles. The molecule has 0 bridgehead atoms. The van der Waals surface area contributed by atoms with Crippen LogP contribution in [0.2, 0.25) is 0 Å². The van der Waals surface area contributed by atoms with Gasteiger partial charge in [-0.1, -0.05) is 13.8 Å². The third kappa shape index (κ3) is 7.78. The van der Waals surface area contributed by atoms with Crippen molar-refractivity contribution in [3.05, 3.63) is 0 Å². The van der Waals surface area contributed by atoms with Crippen LogP contribution in [-0.4, -0.2) is 25.8 Å². The van der Waals surface area contributed by atoms with E-state index in [0.29, 0.717) is 18.9 Å². The van der Waals surface area contributed by atoms with Gasteiger partial charge in [0, 0.05) is 13.5 Å². The van der Waals surface area contributed by atoms with Crippen molar-refractivity contribution in [2.24, 2.45) is 5.92 Å². The molecule has 0 aliphatic carbocycles. The minimum absolute atomic E-state index is 0.127. The molecule has 1 atom stereocenters. The van der Waals surface area contributed by atoms with Gasteiger partial charge in [-0.2, -0.15) is 0 Å². The van der Waals surface area contributed by atoms with Crippen LogP contribution in [0.25, 0.3) is 0 Å². The van der Waals surface area contributed by atoms with Gasteiger partial charge in [-0.25, -0.2) is 0 Å². The summed E-state index contributed by atoms with van der Waals surface area (Å²) in [5, 5.41) is 0. The topological polar surface area (TPSA) is 35.5 Å². The number of ether oxygens (including phenoxy) is 2. The van der Waals surface area contributed by atoms with Gasteiger partial charge in [-0.15, -0.1) is 0 Å². The van der Waals surface area contributed by atoms with E-state index in [1.165, 1.54) is 0 Å². The summed E-state index contributed by atoms with van der Waals surface area (Å²) in [7, 11) is 1.64. The van der Waals surface area contributed by atoms with Gasteiger partial charge in [0.1, 0.15) is 0 Å². The number of hydrogen-bond donors (Lipinski definition) is 0. The molecule has 0 heterocycles. The number of hydrogen-bond acceptors (Lipinski definition) is 3. The Labute approximate surface area is 80.4 Å². The van der Waals surface area contributed by atoms with Gasteiger partial charge in [0.2, 0.25) is 0 Å². The molecule has 0 saturated carbocycles. The minimum atomic E-state index is -0.127. The van der Waals surface area contributed by atoms with Crippen molar-refractivity contribution >= 4 is 5.97 Å². The van der Waals surface area contributed by atoms with E-state index >= 15 is 0 Å². The molecule has 3 heteroatoms. The molecular weight excluding hydrogens is 168 g/mol. The standard InChI is InChI=1S/C10H20O3/c1-8(2)7-13-10(11)6-5-9(3)12-4/h8-9H,5-7H2,1-4H3. The van der Waals surface area contributed by atoms with Crippen LogP contribution in [0.1, 0.15) is 33.6 Å². The predicted molar refractivity (Wildman–Crippen MR) is 51.5 cm³/mol. The van der Waals surface area contributed by atoms with Gasteiger partial charge in [-0.3, -0.25) is 4.79 Å². The largest absolute Gasteiger partial charge is 0.465 e. The van der Waals surface area contributed by atoms with E-state index in [2.05, 4.69) is 0 Å². The van der Waals surface area contributed by atoms with Crippen LogP contribution in [-0.2, 0) is 14.3 Å². The van der Waals surface area contributed by atoms with Crippen molar-refractivity contribution in [2.45, 2.75) is 39.7 Å². The maximum atomic E-state index is 11.1. The van der Waals surface area contributed by atoms with Crippen LogP contribution < -0.4 is 0 Å². The highest BCUT2D eigenvalue weighted by molar-refractivity contribution is 5.69. The zero-order valence-electron chi connectivity index (χ0n) is 9.00. The molecule has 0 aromatic carbocycles. The van der Waals surface area contributed by atoms with Crippen molar-refractivity contribution in [1.82, 2.24) is 0 Å². The first-order valence-corrected chi connectivity index (χ1v) is 4.74. The molecular formula is C10H20O3. The Morgan fingerprint density at radius 2 is 1.92 bits per heavy atom. The first-order chi connectivity index (χ1) is 6.06. The van der Waals surface area contributed by atoms with Crippen molar-refractivity contribution in [1.29, 1.82) is 0 Å². The zero-order valence-corrected chi connectivity index (χ0v) is 9.00. The molecule has 0 saturated heterocycles. The molecule has 3 nitrogen and oxygen atoms in total. The number of esters is 1. The van der Waals surface area contributed by atoms with E-state index in [4.69, 9.17) is 9.47 Å². The number of carbonyl (C=O) groups excluding carboxylic acids is 1. The van der Waals surface area contributed by atoms with Gasteiger partial charge in [0.25, 0.3) is 0 Å². The monoisotopic (exact) mass is 188 g/mol.